The van der Waals surface area contributed by atoms with Crippen LogP contribution >= 0.6 is 0 Å². The van der Waals surface area contributed by atoms with E-state index in [1.807, 2.05) is 32.0 Å². The van der Waals surface area contributed by atoms with E-state index in [9.17, 15) is 24.6 Å². The molecule has 1 aromatic carbocycles. The first kappa shape index (κ1) is 23.4. The SMILES string of the molecule is CC(C)C[C@H](NC(=O)[C@H](CO)NC(=O)C1CCc2ccccc2C1)C(=O)C1(CO)CO1. The molecule has 1 aliphatic heterocycles. The molecular formula is C23H32N2O6. The minimum atomic E-state index is -1.25. The van der Waals surface area contributed by atoms with Gasteiger partial charge in [-0.1, -0.05) is 38.1 Å². The smallest absolute Gasteiger partial charge is 0.245 e. The van der Waals surface area contributed by atoms with Gasteiger partial charge in [0, 0.05) is 5.92 Å². The molecule has 0 bridgehead atoms. The van der Waals surface area contributed by atoms with Crippen molar-refractivity contribution in [3.8, 4) is 0 Å². The fourth-order valence-electron chi connectivity index (χ4n) is 4.10. The number of amides is 2. The maximum Gasteiger partial charge on any atom is 0.245 e. The summed E-state index contributed by atoms with van der Waals surface area (Å²) in [6.07, 6.45) is 2.42. The third-order valence-corrected chi connectivity index (χ3v) is 6.07. The number of Topliss-reactive ketones (excluding diaryl/α,β-unsaturated/α-hetero) is 1. The Hall–Kier alpha value is -2.29. The molecule has 2 aliphatic rings. The summed E-state index contributed by atoms with van der Waals surface area (Å²) in [5.41, 5.74) is 1.11. The molecule has 31 heavy (non-hydrogen) atoms. The number of rotatable bonds is 10. The van der Waals surface area contributed by atoms with Crippen molar-refractivity contribution in [1.29, 1.82) is 0 Å². The van der Waals surface area contributed by atoms with Gasteiger partial charge in [0.1, 0.15) is 6.04 Å². The molecule has 1 aromatic rings. The van der Waals surface area contributed by atoms with Crippen LogP contribution in [-0.4, -0.2) is 65.3 Å². The van der Waals surface area contributed by atoms with E-state index in [-0.39, 0.29) is 30.1 Å². The van der Waals surface area contributed by atoms with E-state index in [0.717, 1.165) is 12.0 Å². The lowest BCUT2D eigenvalue weighted by Gasteiger charge is -2.27. The van der Waals surface area contributed by atoms with Crippen LogP contribution in [0.1, 0.15) is 37.8 Å². The van der Waals surface area contributed by atoms with Gasteiger partial charge < -0.3 is 25.6 Å². The van der Waals surface area contributed by atoms with Crippen LogP contribution in [0.4, 0.5) is 0 Å². The first-order valence-corrected chi connectivity index (χ1v) is 10.9. The minimum absolute atomic E-state index is 0.105. The van der Waals surface area contributed by atoms with Crippen LogP contribution in [0.15, 0.2) is 24.3 Å². The van der Waals surface area contributed by atoms with E-state index < -0.39 is 36.8 Å². The molecule has 170 valence electrons. The Bertz CT molecular complexity index is 820. The quantitative estimate of drug-likeness (QED) is 0.389. The largest absolute Gasteiger partial charge is 0.394 e. The zero-order valence-corrected chi connectivity index (χ0v) is 18.1. The predicted octanol–water partition coefficient (Wildman–Crippen LogP) is 0.130. The highest BCUT2D eigenvalue weighted by Gasteiger charge is 2.54. The number of hydrogen-bond acceptors (Lipinski definition) is 6. The number of nitrogens with one attached hydrogen (secondary N) is 2. The van der Waals surface area contributed by atoms with Crippen LogP contribution in [0, 0.1) is 11.8 Å². The van der Waals surface area contributed by atoms with E-state index >= 15 is 0 Å². The average molecular weight is 433 g/mol. The van der Waals surface area contributed by atoms with E-state index in [4.69, 9.17) is 4.74 Å². The van der Waals surface area contributed by atoms with Crippen LogP contribution < -0.4 is 10.6 Å². The van der Waals surface area contributed by atoms with Crippen molar-refractivity contribution in [2.24, 2.45) is 11.8 Å². The molecule has 2 unspecified atom stereocenters. The third kappa shape index (κ3) is 5.50. The molecule has 2 amide bonds. The van der Waals surface area contributed by atoms with Gasteiger partial charge in [0.05, 0.1) is 25.9 Å². The van der Waals surface area contributed by atoms with E-state index in [0.29, 0.717) is 19.3 Å². The number of aliphatic hydroxyl groups excluding tert-OH is 2. The van der Waals surface area contributed by atoms with Gasteiger partial charge in [0.2, 0.25) is 11.8 Å². The molecule has 4 atom stereocenters. The molecule has 1 heterocycles. The molecule has 1 aliphatic carbocycles. The van der Waals surface area contributed by atoms with Gasteiger partial charge in [-0.2, -0.15) is 0 Å². The Labute approximate surface area is 182 Å². The van der Waals surface area contributed by atoms with Gasteiger partial charge in [0.15, 0.2) is 11.4 Å². The summed E-state index contributed by atoms with van der Waals surface area (Å²) in [6.45, 7) is 2.93. The normalized spacial score (nSPS) is 24.1. The maximum atomic E-state index is 12.8. The fraction of sp³-hybridized carbons (Fsp3) is 0.609. The van der Waals surface area contributed by atoms with Crippen molar-refractivity contribution in [2.75, 3.05) is 19.8 Å². The third-order valence-electron chi connectivity index (χ3n) is 6.07. The van der Waals surface area contributed by atoms with Crippen LogP contribution in [0.25, 0.3) is 0 Å². The van der Waals surface area contributed by atoms with Gasteiger partial charge in [-0.3, -0.25) is 14.4 Å². The van der Waals surface area contributed by atoms with Crippen LogP contribution in [0.5, 0.6) is 0 Å². The number of epoxide rings is 1. The minimum Gasteiger partial charge on any atom is -0.394 e. The molecule has 4 N–H and O–H groups in total. The van der Waals surface area contributed by atoms with Crippen molar-refractivity contribution in [2.45, 2.75) is 57.2 Å². The molecule has 3 rings (SSSR count). The summed E-state index contributed by atoms with van der Waals surface area (Å²) >= 11 is 0. The number of ketones is 1. The van der Waals surface area contributed by atoms with Crippen LogP contribution in [0.2, 0.25) is 0 Å². The molecular weight excluding hydrogens is 400 g/mol. The van der Waals surface area contributed by atoms with Crippen molar-refractivity contribution in [3.63, 3.8) is 0 Å². The second kappa shape index (κ2) is 9.89. The molecule has 1 saturated heterocycles. The number of carbonyl (C=O) groups is 3. The first-order chi connectivity index (χ1) is 14.8. The zero-order chi connectivity index (χ0) is 22.6. The molecule has 0 aromatic heterocycles. The molecule has 0 spiro atoms. The van der Waals surface area contributed by atoms with Gasteiger partial charge >= 0.3 is 0 Å². The standard InChI is InChI=1S/C23H32N2O6/c1-14(2)9-18(20(28)23(12-27)13-31-23)24-22(30)19(11-26)25-21(29)17-8-7-15-5-3-4-6-16(15)10-17/h3-6,14,17-19,26-27H,7-13H2,1-2H3,(H,24,30)(H,25,29)/t17?,18-,19-,23?/m0/s1. The fourth-order valence-corrected chi connectivity index (χ4v) is 4.10. The topological polar surface area (TPSA) is 128 Å². The molecule has 1 fully saturated rings. The van der Waals surface area contributed by atoms with Crippen molar-refractivity contribution in [3.05, 3.63) is 35.4 Å². The summed E-state index contributed by atoms with van der Waals surface area (Å²) in [6, 6.07) is 5.96. The monoisotopic (exact) mass is 432 g/mol. The number of hydrogen-bond donors (Lipinski definition) is 4. The maximum absolute atomic E-state index is 12.8. The van der Waals surface area contributed by atoms with Gasteiger partial charge in [-0.05, 0) is 42.7 Å². The number of benzene rings is 1. The Morgan fingerprint density at radius 3 is 2.39 bits per heavy atom. The summed E-state index contributed by atoms with van der Waals surface area (Å²) in [7, 11) is 0. The van der Waals surface area contributed by atoms with Crippen molar-refractivity contribution in [1.82, 2.24) is 10.6 Å². The second-order valence-electron chi connectivity index (χ2n) is 8.95. The number of ether oxygens (including phenoxy) is 1. The summed E-state index contributed by atoms with van der Waals surface area (Å²) < 4.78 is 5.14. The van der Waals surface area contributed by atoms with E-state index in [2.05, 4.69) is 16.7 Å². The van der Waals surface area contributed by atoms with Crippen LogP contribution in [0.3, 0.4) is 0 Å². The highest BCUT2D eigenvalue weighted by atomic mass is 16.6. The Morgan fingerprint density at radius 2 is 1.81 bits per heavy atom. The lowest BCUT2D eigenvalue weighted by Crippen LogP contribution is -2.56. The summed E-state index contributed by atoms with van der Waals surface area (Å²) in [5.74, 6) is -1.47. The Morgan fingerprint density at radius 1 is 1.13 bits per heavy atom. The Kier molecular flexibility index (Phi) is 7.46. The first-order valence-electron chi connectivity index (χ1n) is 10.9. The molecule has 8 nitrogen and oxygen atoms in total. The molecule has 0 saturated carbocycles. The van der Waals surface area contributed by atoms with Crippen molar-refractivity contribution < 1.29 is 29.3 Å². The molecule has 0 radical (unpaired) electrons. The lowest BCUT2D eigenvalue weighted by molar-refractivity contribution is -0.135. The van der Waals surface area contributed by atoms with E-state index in [1.54, 1.807) is 0 Å². The number of aliphatic hydroxyl groups is 2. The number of carbonyl (C=O) groups excluding carboxylic acids is 3. The zero-order valence-electron chi connectivity index (χ0n) is 18.1. The summed E-state index contributed by atoms with van der Waals surface area (Å²) in [5, 5.41) is 24.5. The molecule has 8 heteroatoms. The average Bonchev–Trinajstić information content (AvgIpc) is 3.56. The second-order valence-corrected chi connectivity index (χ2v) is 8.95. The highest BCUT2D eigenvalue weighted by Crippen LogP contribution is 2.30. The van der Waals surface area contributed by atoms with E-state index in [1.165, 1.54) is 5.56 Å². The van der Waals surface area contributed by atoms with Crippen LogP contribution in [-0.2, 0) is 32.0 Å². The Balaban J connectivity index is 1.62. The van der Waals surface area contributed by atoms with Gasteiger partial charge in [-0.15, -0.1) is 0 Å². The van der Waals surface area contributed by atoms with Gasteiger partial charge in [-0.25, -0.2) is 0 Å². The summed E-state index contributed by atoms with van der Waals surface area (Å²) in [4.78, 5) is 38.3. The number of aryl methyl sites for hydroxylation is 1. The van der Waals surface area contributed by atoms with Crippen molar-refractivity contribution >= 4 is 17.6 Å². The highest BCUT2D eigenvalue weighted by molar-refractivity contribution is 5.98. The number of fused-ring (bicyclic) bond motifs is 1. The van der Waals surface area contributed by atoms with Gasteiger partial charge in [0.25, 0.3) is 0 Å². The lowest BCUT2D eigenvalue weighted by atomic mass is 9.83. The predicted molar refractivity (Wildman–Crippen MR) is 113 cm³/mol.